The van der Waals surface area contributed by atoms with E-state index in [9.17, 15) is 19.2 Å². The van der Waals surface area contributed by atoms with Crippen molar-refractivity contribution in [3.63, 3.8) is 0 Å². The smallest absolute Gasteiger partial charge is 0.255 e. The van der Waals surface area contributed by atoms with Crippen molar-refractivity contribution in [1.82, 2.24) is 14.7 Å². The first-order valence-corrected chi connectivity index (χ1v) is 8.82. The summed E-state index contributed by atoms with van der Waals surface area (Å²) in [5.41, 5.74) is -0.840. The van der Waals surface area contributed by atoms with Gasteiger partial charge in [0.1, 0.15) is 5.54 Å². The van der Waals surface area contributed by atoms with Gasteiger partial charge in [0.2, 0.25) is 17.7 Å². The van der Waals surface area contributed by atoms with Gasteiger partial charge in [0.05, 0.1) is 17.9 Å². The molecule has 3 aliphatic heterocycles. The first-order chi connectivity index (χ1) is 12.4. The molecule has 7 heteroatoms. The van der Waals surface area contributed by atoms with Crippen LogP contribution in [-0.2, 0) is 14.4 Å². The van der Waals surface area contributed by atoms with Crippen molar-refractivity contribution in [3.8, 4) is 0 Å². The van der Waals surface area contributed by atoms with Crippen LogP contribution in [0.5, 0.6) is 0 Å². The Morgan fingerprint density at radius 1 is 1.12 bits per heavy atom. The van der Waals surface area contributed by atoms with Crippen molar-refractivity contribution >= 4 is 23.6 Å². The largest absolute Gasteiger partial charge is 0.342 e. The number of hydrogen-bond acceptors (Lipinski definition) is 4. The lowest BCUT2D eigenvalue weighted by Crippen LogP contribution is -2.68. The Kier molecular flexibility index (Phi) is 3.48. The van der Waals surface area contributed by atoms with Crippen LogP contribution in [-0.4, -0.2) is 70.5 Å². The minimum Gasteiger partial charge on any atom is -0.342 e. The molecular formula is C19H21N3O4. The maximum atomic E-state index is 13.3. The number of imide groups is 1. The lowest BCUT2D eigenvalue weighted by molar-refractivity contribution is -0.155. The van der Waals surface area contributed by atoms with Crippen LogP contribution in [0.3, 0.4) is 0 Å². The van der Waals surface area contributed by atoms with E-state index < -0.39 is 23.4 Å². The normalized spacial score (nSPS) is 33.1. The highest BCUT2D eigenvalue weighted by atomic mass is 16.2. The van der Waals surface area contributed by atoms with E-state index in [1.165, 1.54) is 7.05 Å². The molecule has 3 saturated heterocycles. The number of rotatable bonds is 2. The summed E-state index contributed by atoms with van der Waals surface area (Å²) in [7, 11) is 3.13. The minimum atomic E-state index is -1.30. The second-order valence-corrected chi connectivity index (χ2v) is 7.31. The quantitative estimate of drug-likeness (QED) is 0.718. The summed E-state index contributed by atoms with van der Waals surface area (Å²) in [4.78, 5) is 56.4. The summed E-state index contributed by atoms with van der Waals surface area (Å²) >= 11 is 0. The maximum Gasteiger partial charge on any atom is 0.255 e. The number of hydrogen-bond donors (Lipinski definition) is 0. The van der Waals surface area contributed by atoms with E-state index >= 15 is 0 Å². The fourth-order valence-corrected chi connectivity index (χ4v) is 5.05. The Morgan fingerprint density at radius 2 is 1.77 bits per heavy atom. The van der Waals surface area contributed by atoms with Crippen LogP contribution in [0.2, 0.25) is 0 Å². The predicted octanol–water partition coefficient (Wildman–Crippen LogP) is 0.363. The standard InChI is InChI=1S/C19H21N3O4/c1-4-19-14-13(16(24)21(3)17(14)25)12(10-20(2)18(19)26)22(19)15(23)11-8-6-5-7-9-11/h5-9,12-14H,4,10H2,1-3H3/t12?,13?,14?,19-/m1/s1. The highest BCUT2D eigenvalue weighted by Gasteiger charge is 2.74. The lowest BCUT2D eigenvalue weighted by atomic mass is 9.78. The molecule has 26 heavy (non-hydrogen) atoms. The van der Waals surface area contributed by atoms with Crippen molar-refractivity contribution in [1.29, 1.82) is 0 Å². The van der Waals surface area contributed by atoms with Gasteiger partial charge in [0, 0.05) is 26.2 Å². The summed E-state index contributed by atoms with van der Waals surface area (Å²) in [6.07, 6.45) is 0.291. The molecule has 0 spiro atoms. The summed E-state index contributed by atoms with van der Waals surface area (Å²) in [5.74, 6) is -2.68. The van der Waals surface area contributed by atoms with Crippen LogP contribution in [0.15, 0.2) is 30.3 Å². The van der Waals surface area contributed by atoms with E-state index in [4.69, 9.17) is 0 Å². The van der Waals surface area contributed by atoms with Crippen LogP contribution >= 0.6 is 0 Å². The van der Waals surface area contributed by atoms with Crippen LogP contribution in [0.25, 0.3) is 0 Å². The van der Waals surface area contributed by atoms with Gasteiger partial charge in [-0.1, -0.05) is 25.1 Å². The molecule has 3 heterocycles. The molecule has 0 radical (unpaired) electrons. The molecule has 4 atom stereocenters. The Hall–Kier alpha value is -2.70. The van der Waals surface area contributed by atoms with Crippen molar-refractivity contribution in [2.24, 2.45) is 11.8 Å². The molecule has 3 fully saturated rings. The molecule has 3 aliphatic rings. The minimum absolute atomic E-state index is 0.257. The highest BCUT2D eigenvalue weighted by molar-refractivity contribution is 6.13. The molecule has 0 aliphatic carbocycles. The number of likely N-dealkylation sites (N-methyl/N-ethyl adjacent to an activating group) is 1. The molecular weight excluding hydrogens is 334 g/mol. The molecule has 0 aromatic heterocycles. The summed E-state index contributed by atoms with van der Waals surface area (Å²) < 4.78 is 0. The van der Waals surface area contributed by atoms with Crippen LogP contribution in [0, 0.1) is 11.8 Å². The van der Waals surface area contributed by atoms with E-state index in [1.807, 2.05) is 6.07 Å². The Bertz CT molecular complexity index is 823. The van der Waals surface area contributed by atoms with Gasteiger partial charge in [-0.15, -0.1) is 0 Å². The van der Waals surface area contributed by atoms with E-state index in [1.54, 1.807) is 48.0 Å². The van der Waals surface area contributed by atoms with Gasteiger partial charge in [-0.2, -0.15) is 0 Å². The summed E-state index contributed by atoms with van der Waals surface area (Å²) in [6.45, 7) is 2.06. The SMILES string of the molecule is CC[C@]12C(=O)N(C)CC(C3C(=O)N(C)C(=O)C31)N2C(=O)c1ccccc1. The number of carbonyl (C=O) groups excluding carboxylic acids is 4. The number of benzene rings is 1. The van der Waals surface area contributed by atoms with Crippen LogP contribution < -0.4 is 0 Å². The van der Waals surface area contributed by atoms with Crippen molar-refractivity contribution in [3.05, 3.63) is 35.9 Å². The van der Waals surface area contributed by atoms with Gasteiger partial charge < -0.3 is 9.80 Å². The highest BCUT2D eigenvalue weighted by Crippen LogP contribution is 2.53. The average molecular weight is 355 g/mol. The summed E-state index contributed by atoms with van der Waals surface area (Å²) in [6, 6.07) is 8.23. The lowest BCUT2D eigenvalue weighted by Gasteiger charge is -2.48. The molecule has 0 N–H and O–H groups in total. The number of amides is 4. The molecule has 4 rings (SSSR count). The molecule has 3 unspecified atom stereocenters. The van der Waals surface area contributed by atoms with E-state index in [2.05, 4.69) is 0 Å². The molecule has 1 aromatic carbocycles. The average Bonchev–Trinajstić information content (AvgIpc) is 3.03. The monoisotopic (exact) mass is 355 g/mol. The molecule has 0 saturated carbocycles. The topological polar surface area (TPSA) is 78.0 Å². The van der Waals surface area contributed by atoms with E-state index in [0.29, 0.717) is 12.0 Å². The predicted molar refractivity (Wildman–Crippen MR) is 91.8 cm³/mol. The second-order valence-electron chi connectivity index (χ2n) is 7.31. The van der Waals surface area contributed by atoms with Crippen molar-refractivity contribution in [2.75, 3.05) is 20.6 Å². The van der Waals surface area contributed by atoms with Crippen molar-refractivity contribution < 1.29 is 19.2 Å². The number of carbonyl (C=O) groups is 4. The first-order valence-electron chi connectivity index (χ1n) is 8.82. The number of nitrogens with zero attached hydrogens (tertiary/aromatic N) is 3. The third-order valence-electron chi connectivity index (χ3n) is 6.22. The Morgan fingerprint density at radius 3 is 2.38 bits per heavy atom. The third-order valence-corrected chi connectivity index (χ3v) is 6.22. The number of piperazine rings is 1. The maximum absolute atomic E-state index is 13.3. The van der Waals surface area contributed by atoms with Gasteiger partial charge in [-0.3, -0.25) is 24.1 Å². The van der Waals surface area contributed by atoms with Gasteiger partial charge in [-0.05, 0) is 18.6 Å². The number of fused-ring (bicyclic) bond motifs is 5. The van der Waals surface area contributed by atoms with Crippen LogP contribution in [0.1, 0.15) is 23.7 Å². The summed E-state index contributed by atoms with van der Waals surface area (Å²) in [5, 5.41) is 0. The Labute approximate surface area is 151 Å². The molecule has 7 nitrogen and oxygen atoms in total. The van der Waals surface area contributed by atoms with Crippen LogP contribution in [0.4, 0.5) is 0 Å². The second kappa shape index (κ2) is 5.40. The Balaban J connectivity index is 1.91. The zero-order chi connectivity index (χ0) is 18.8. The van der Waals surface area contributed by atoms with E-state index in [-0.39, 0.29) is 30.2 Å². The van der Waals surface area contributed by atoms with E-state index in [0.717, 1.165) is 4.90 Å². The van der Waals surface area contributed by atoms with Gasteiger partial charge in [0.25, 0.3) is 5.91 Å². The molecule has 136 valence electrons. The number of likely N-dealkylation sites (tertiary alicyclic amines) is 2. The van der Waals surface area contributed by atoms with Gasteiger partial charge in [-0.25, -0.2) is 0 Å². The van der Waals surface area contributed by atoms with Crippen molar-refractivity contribution in [2.45, 2.75) is 24.9 Å². The third kappa shape index (κ3) is 1.78. The van der Waals surface area contributed by atoms with Gasteiger partial charge in [0.15, 0.2) is 0 Å². The molecule has 1 aromatic rings. The fourth-order valence-electron chi connectivity index (χ4n) is 5.05. The molecule has 4 amide bonds. The fraction of sp³-hybridized carbons (Fsp3) is 0.474. The zero-order valence-corrected chi connectivity index (χ0v) is 15.0. The first kappa shape index (κ1) is 16.8. The van der Waals surface area contributed by atoms with Gasteiger partial charge >= 0.3 is 0 Å². The molecule has 2 bridgehead atoms. The zero-order valence-electron chi connectivity index (χ0n) is 15.0.